The molecule has 0 aliphatic carbocycles. The summed E-state index contributed by atoms with van der Waals surface area (Å²) in [7, 11) is -4.00. The Morgan fingerprint density at radius 2 is 1.68 bits per heavy atom. The maximum Gasteiger partial charge on any atom is 0.264 e. The van der Waals surface area contributed by atoms with Crippen molar-refractivity contribution in [2.75, 3.05) is 23.0 Å². The van der Waals surface area contributed by atoms with Crippen molar-refractivity contribution in [1.82, 2.24) is 0 Å². The Balaban J connectivity index is 1.62. The molecule has 1 amide bonds. The minimum atomic E-state index is -4.00. The van der Waals surface area contributed by atoms with E-state index in [9.17, 15) is 13.2 Å². The topological polar surface area (TPSA) is 84.9 Å². The second-order valence-electron chi connectivity index (χ2n) is 6.92. The number of ether oxygens (including phenoxy) is 2. The van der Waals surface area contributed by atoms with Crippen molar-refractivity contribution in [3.05, 3.63) is 77.3 Å². The molecular weight excluding hydrogens is 440 g/mol. The second-order valence-corrected chi connectivity index (χ2v) is 9.22. The highest BCUT2D eigenvalue weighted by atomic mass is 35.5. The molecule has 3 aromatic rings. The Morgan fingerprint density at radius 3 is 2.39 bits per heavy atom. The van der Waals surface area contributed by atoms with Crippen LogP contribution in [-0.2, 0) is 14.8 Å². The lowest BCUT2D eigenvalue weighted by atomic mass is 10.2. The van der Waals surface area contributed by atoms with E-state index in [-0.39, 0.29) is 11.7 Å². The first-order chi connectivity index (χ1) is 14.8. The van der Waals surface area contributed by atoms with Crippen LogP contribution in [-0.4, -0.2) is 27.7 Å². The SMILES string of the molecule is Cc1ccc(S(=O)(=O)N(CC(=O)Nc2ccc3c(c2)OCO3)c2ccc(Cl)cc2)cc1. The summed E-state index contributed by atoms with van der Waals surface area (Å²) >= 11 is 5.96. The first-order valence-corrected chi connectivity index (χ1v) is 11.2. The van der Waals surface area contributed by atoms with Crippen molar-refractivity contribution in [2.45, 2.75) is 11.8 Å². The molecule has 0 fully saturated rings. The average Bonchev–Trinajstić information content (AvgIpc) is 3.21. The van der Waals surface area contributed by atoms with Gasteiger partial charge in [-0.1, -0.05) is 29.3 Å². The second kappa shape index (κ2) is 8.49. The highest BCUT2D eigenvalue weighted by Crippen LogP contribution is 2.34. The van der Waals surface area contributed by atoms with Gasteiger partial charge in [0.15, 0.2) is 11.5 Å². The molecule has 160 valence electrons. The van der Waals surface area contributed by atoms with Crippen LogP contribution < -0.4 is 19.1 Å². The summed E-state index contributed by atoms with van der Waals surface area (Å²) in [5.41, 5.74) is 1.72. The molecule has 0 spiro atoms. The third-order valence-corrected chi connectivity index (χ3v) is 6.71. The maximum absolute atomic E-state index is 13.3. The van der Waals surface area contributed by atoms with Crippen molar-refractivity contribution in [3.63, 3.8) is 0 Å². The fraction of sp³-hybridized carbons (Fsp3) is 0.136. The standard InChI is InChI=1S/C22H19ClN2O5S/c1-15-2-9-19(10-3-15)31(27,28)25(18-7-4-16(23)5-8-18)13-22(26)24-17-6-11-20-21(12-17)30-14-29-20/h2-12H,13-14H2,1H3,(H,24,26). The normalized spacial score (nSPS) is 12.5. The van der Waals surface area contributed by atoms with Crippen LogP contribution in [0.2, 0.25) is 5.02 Å². The number of fused-ring (bicyclic) bond motifs is 1. The quantitative estimate of drug-likeness (QED) is 0.598. The molecule has 0 atom stereocenters. The lowest BCUT2D eigenvalue weighted by Crippen LogP contribution is -2.38. The van der Waals surface area contributed by atoms with Gasteiger partial charge in [0.1, 0.15) is 6.54 Å². The van der Waals surface area contributed by atoms with Gasteiger partial charge in [-0.05, 0) is 55.5 Å². The molecule has 0 saturated heterocycles. The largest absolute Gasteiger partial charge is 0.454 e. The molecule has 0 radical (unpaired) electrons. The van der Waals surface area contributed by atoms with E-state index in [0.717, 1.165) is 9.87 Å². The van der Waals surface area contributed by atoms with E-state index in [0.29, 0.717) is 27.9 Å². The summed E-state index contributed by atoms with van der Waals surface area (Å²) in [4.78, 5) is 12.9. The first-order valence-electron chi connectivity index (χ1n) is 9.37. The lowest BCUT2D eigenvalue weighted by molar-refractivity contribution is -0.114. The number of amides is 1. The van der Waals surface area contributed by atoms with Crippen LogP contribution >= 0.6 is 11.6 Å². The van der Waals surface area contributed by atoms with E-state index >= 15 is 0 Å². The summed E-state index contributed by atoms with van der Waals surface area (Å²) in [6.07, 6.45) is 0. The van der Waals surface area contributed by atoms with Crippen LogP contribution in [0.5, 0.6) is 11.5 Å². The van der Waals surface area contributed by atoms with E-state index in [1.807, 2.05) is 6.92 Å². The fourth-order valence-corrected chi connectivity index (χ4v) is 4.61. The van der Waals surface area contributed by atoms with Gasteiger partial charge in [-0.3, -0.25) is 9.10 Å². The Bertz CT molecular complexity index is 1210. The molecule has 1 aliphatic rings. The summed E-state index contributed by atoms with van der Waals surface area (Å²) in [5.74, 6) is 0.590. The molecule has 9 heteroatoms. The van der Waals surface area contributed by atoms with Crippen molar-refractivity contribution in [3.8, 4) is 11.5 Å². The molecule has 0 bridgehead atoms. The minimum absolute atomic E-state index is 0.0870. The lowest BCUT2D eigenvalue weighted by Gasteiger charge is -2.24. The van der Waals surface area contributed by atoms with E-state index in [4.69, 9.17) is 21.1 Å². The molecule has 0 saturated carbocycles. The van der Waals surface area contributed by atoms with Crippen LogP contribution in [0.15, 0.2) is 71.6 Å². The summed E-state index contributed by atoms with van der Waals surface area (Å²) in [6, 6.07) is 17.7. The number of halogens is 1. The number of nitrogens with one attached hydrogen (secondary N) is 1. The van der Waals surface area contributed by atoms with E-state index in [1.54, 1.807) is 54.6 Å². The Labute approximate surface area is 185 Å². The summed E-state index contributed by atoms with van der Waals surface area (Å²) in [6.45, 7) is 1.56. The first kappa shape index (κ1) is 21.0. The van der Waals surface area contributed by atoms with Crippen molar-refractivity contribution < 1.29 is 22.7 Å². The summed E-state index contributed by atoms with van der Waals surface area (Å²) < 4.78 is 38.3. The molecule has 3 aromatic carbocycles. The zero-order chi connectivity index (χ0) is 22.0. The predicted molar refractivity (Wildman–Crippen MR) is 118 cm³/mol. The summed E-state index contributed by atoms with van der Waals surface area (Å²) in [5, 5.41) is 3.17. The Hall–Kier alpha value is -3.23. The van der Waals surface area contributed by atoms with Gasteiger partial charge >= 0.3 is 0 Å². The number of rotatable bonds is 6. The molecule has 1 aliphatic heterocycles. The monoisotopic (exact) mass is 458 g/mol. The number of benzene rings is 3. The number of carbonyl (C=O) groups is 1. The molecule has 7 nitrogen and oxygen atoms in total. The minimum Gasteiger partial charge on any atom is -0.454 e. The number of carbonyl (C=O) groups excluding carboxylic acids is 1. The maximum atomic E-state index is 13.3. The molecule has 31 heavy (non-hydrogen) atoms. The highest BCUT2D eigenvalue weighted by Gasteiger charge is 2.27. The van der Waals surface area contributed by atoms with E-state index in [2.05, 4.69) is 5.32 Å². The van der Waals surface area contributed by atoms with Gasteiger partial charge in [0.05, 0.1) is 10.6 Å². The average molecular weight is 459 g/mol. The molecular formula is C22H19ClN2O5S. The van der Waals surface area contributed by atoms with Crippen LogP contribution in [0.25, 0.3) is 0 Å². The number of nitrogens with zero attached hydrogens (tertiary/aromatic N) is 1. The van der Waals surface area contributed by atoms with E-state index in [1.165, 1.54) is 12.1 Å². The number of anilines is 2. The van der Waals surface area contributed by atoms with Gasteiger partial charge in [-0.15, -0.1) is 0 Å². The Morgan fingerprint density at radius 1 is 1.00 bits per heavy atom. The van der Waals surface area contributed by atoms with Crippen LogP contribution in [0.3, 0.4) is 0 Å². The van der Waals surface area contributed by atoms with E-state index < -0.39 is 22.5 Å². The van der Waals surface area contributed by atoms with Gasteiger partial charge in [0.2, 0.25) is 12.7 Å². The fourth-order valence-electron chi connectivity index (χ4n) is 3.07. The molecule has 1 N–H and O–H groups in total. The van der Waals surface area contributed by atoms with Crippen LogP contribution in [0, 0.1) is 6.92 Å². The smallest absolute Gasteiger partial charge is 0.264 e. The van der Waals surface area contributed by atoms with Gasteiger partial charge in [0.25, 0.3) is 10.0 Å². The molecule has 0 unspecified atom stereocenters. The highest BCUT2D eigenvalue weighted by molar-refractivity contribution is 7.92. The molecule has 1 heterocycles. The zero-order valence-electron chi connectivity index (χ0n) is 16.5. The van der Waals surface area contributed by atoms with Gasteiger partial charge in [0, 0.05) is 16.8 Å². The predicted octanol–water partition coefficient (Wildman–Crippen LogP) is 4.21. The number of aryl methyl sites for hydroxylation is 1. The van der Waals surface area contributed by atoms with Crippen LogP contribution in [0.4, 0.5) is 11.4 Å². The Kier molecular flexibility index (Phi) is 5.75. The third kappa shape index (κ3) is 4.60. The molecule has 4 rings (SSSR count). The number of sulfonamides is 1. The van der Waals surface area contributed by atoms with Crippen molar-refractivity contribution >= 4 is 38.9 Å². The van der Waals surface area contributed by atoms with Gasteiger partial charge in [-0.2, -0.15) is 0 Å². The number of hydrogen-bond donors (Lipinski definition) is 1. The third-order valence-electron chi connectivity index (χ3n) is 4.67. The van der Waals surface area contributed by atoms with Gasteiger partial charge < -0.3 is 14.8 Å². The van der Waals surface area contributed by atoms with Crippen molar-refractivity contribution in [1.29, 1.82) is 0 Å². The number of hydrogen-bond acceptors (Lipinski definition) is 5. The van der Waals surface area contributed by atoms with Crippen LogP contribution in [0.1, 0.15) is 5.56 Å². The molecule has 0 aromatic heterocycles. The van der Waals surface area contributed by atoms with Crippen molar-refractivity contribution in [2.24, 2.45) is 0 Å². The zero-order valence-corrected chi connectivity index (χ0v) is 18.1. The van der Waals surface area contributed by atoms with Gasteiger partial charge in [-0.25, -0.2) is 8.42 Å².